The van der Waals surface area contributed by atoms with Crippen molar-refractivity contribution in [3.05, 3.63) is 29.8 Å². The van der Waals surface area contributed by atoms with Crippen molar-refractivity contribution in [2.45, 2.75) is 57.3 Å². The Kier molecular flexibility index (Phi) is 5.31. The van der Waals surface area contributed by atoms with Crippen molar-refractivity contribution >= 4 is 15.8 Å². The Morgan fingerprint density at radius 2 is 1.65 bits per heavy atom. The van der Waals surface area contributed by atoms with E-state index in [1.54, 1.807) is 12.1 Å². The molecular formula is C18H27NO3S. The molecule has 0 amide bonds. The minimum absolute atomic E-state index is 0.00114. The first-order valence-corrected chi connectivity index (χ1v) is 9.73. The molecule has 0 spiro atoms. The summed E-state index contributed by atoms with van der Waals surface area (Å²) in [4.78, 5) is 12.1. The number of carbonyl (C=O) groups excluding carboxylic acids is 1. The molecule has 0 N–H and O–H groups in total. The molecule has 1 aromatic rings. The number of nitrogens with zero attached hydrogens (tertiary/aromatic N) is 1. The molecule has 0 aromatic heterocycles. The van der Waals surface area contributed by atoms with Gasteiger partial charge in [0.15, 0.2) is 0 Å². The van der Waals surface area contributed by atoms with Crippen LogP contribution < -0.4 is 0 Å². The molecule has 0 radical (unpaired) electrons. The first-order valence-electron chi connectivity index (χ1n) is 8.29. The normalized spacial score (nSPS) is 18.1. The summed E-state index contributed by atoms with van der Waals surface area (Å²) in [6, 6.07) is 7.17. The molecule has 1 heterocycles. The van der Waals surface area contributed by atoms with Gasteiger partial charge in [0.1, 0.15) is 5.78 Å². The Hall–Kier alpha value is -1.20. The standard InChI is InChI=1S/C18H27NO3S/c1-5-17(20)14-10-12-19(13-11-14)23(21,22)16-8-6-15(7-9-16)18(2,3)4/h6-9,14H,5,10-13H2,1-4H3. The fraction of sp³-hybridized carbons (Fsp3) is 0.611. The molecule has 4 nitrogen and oxygen atoms in total. The number of sulfonamides is 1. The van der Waals surface area contributed by atoms with Crippen molar-refractivity contribution in [3.8, 4) is 0 Å². The predicted octanol–water partition coefficient (Wildman–Crippen LogP) is 3.36. The third-order valence-electron chi connectivity index (χ3n) is 4.62. The summed E-state index contributed by atoms with van der Waals surface area (Å²) < 4.78 is 27.0. The summed E-state index contributed by atoms with van der Waals surface area (Å²) in [5.74, 6) is 0.270. The van der Waals surface area contributed by atoms with E-state index in [0.717, 1.165) is 5.56 Å². The van der Waals surface area contributed by atoms with Gasteiger partial charge in [-0.3, -0.25) is 4.79 Å². The van der Waals surface area contributed by atoms with Gasteiger partial charge in [-0.1, -0.05) is 39.8 Å². The maximum absolute atomic E-state index is 12.7. The third-order valence-corrected chi connectivity index (χ3v) is 6.53. The van der Waals surface area contributed by atoms with Crippen LogP contribution in [0.15, 0.2) is 29.2 Å². The maximum Gasteiger partial charge on any atom is 0.243 e. The number of benzene rings is 1. The van der Waals surface area contributed by atoms with Crippen LogP contribution in [0, 0.1) is 5.92 Å². The van der Waals surface area contributed by atoms with Crippen LogP contribution in [0.2, 0.25) is 0 Å². The van der Waals surface area contributed by atoms with Crippen molar-refractivity contribution in [2.24, 2.45) is 5.92 Å². The van der Waals surface area contributed by atoms with Gasteiger partial charge in [0.25, 0.3) is 0 Å². The topological polar surface area (TPSA) is 54.5 Å². The third kappa shape index (κ3) is 4.01. The van der Waals surface area contributed by atoms with E-state index in [9.17, 15) is 13.2 Å². The van der Waals surface area contributed by atoms with Gasteiger partial charge in [-0.2, -0.15) is 4.31 Å². The van der Waals surface area contributed by atoms with E-state index in [0.29, 0.717) is 37.2 Å². The molecule has 1 aromatic carbocycles. The van der Waals surface area contributed by atoms with E-state index >= 15 is 0 Å². The lowest BCUT2D eigenvalue weighted by Crippen LogP contribution is -2.40. The second kappa shape index (κ2) is 6.73. The van der Waals surface area contributed by atoms with Gasteiger partial charge in [-0.25, -0.2) is 8.42 Å². The van der Waals surface area contributed by atoms with Gasteiger partial charge < -0.3 is 0 Å². The summed E-state index contributed by atoms with van der Waals surface area (Å²) in [6.45, 7) is 9.03. The number of carbonyl (C=O) groups is 1. The van der Waals surface area contributed by atoms with Crippen LogP contribution in [0.4, 0.5) is 0 Å². The van der Waals surface area contributed by atoms with Gasteiger partial charge in [-0.15, -0.1) is 0 Å². The van der Waals surface area contributed by atoms with E-state index in [4.69, 9.17) is 0 Å². The SMILES string of the molecule is CCC(=O)C1CCN(S(=O)(=O)c2ccc(C(C)(C)C)cc2)CC1. The van der Waals surface area contributed by atoms with E-state index in [1.807, 2.05) is 19.1 Å². The number of rotatable bonds is 4. The van der Waals surface area contributed by atoms with Crippen LogP contribution >= 0.6 is 0 Å². The highest BCUT2D eigenvalue weighted by atomic mass is 32.2. The Balaban J connectivity index is 2.12. The lowest BCUT2D eigenvalue weighted by Gasteiger charge is -2.30. The lowest BCUT2D eigenvalue weighted by molar-refractivity contribution is -0.123. The van der Waals surface area contributed by atoms with Gasteiger partial charge in [0.2, 0.25) is 10.0 Å². The Morgan fingerprint density at radius 3 is 2.09 bits per heavy atom. The molecule has 0 atom stereocenters. The molecular weight excluding hydrogens is 310 g/mol. The molecule has 1 saturated heterocycles. The summed E-state index contributed by atoms with van der Waals surface area (Å²) in [5, 5.41) is 0. The maximum atomic E-state index is 12.7. The smallest absolute Gasteiger partial charge is 0.243 e. The summed E-state index contributed by atoms with van der Waals surface area (Å²) >= 11 is 0. The van der Waals surface area contributed by atoms with Crippen molar-refractivity contribution in [2.75, 3.05) is 13.1 Å². The van der Waals surface area contributed by atoms with Crippen molar-refractivity contribution in [3.63, 3.8) is 0 Å². The second-order valence-corrected chi connectivity index (χ2v) is 9.21. The molecule has 128 valence electrons. The number of hydrogen-bond acceptors (Lipinski definition) is 3. The molecule has 0 saturated carbocycles. The Bertz CT molecular complexity index is 649. The fourth-order valence-electron chi connectivity index (χ4n) is 2.98. The first-order chi connectivity index (χ1) is 10.7. The van der Waals surface area contributed by atoms with E-state index < -0.39 is 10.0 Å². The van der Waals surface area contributed by atoms with Crippen molar-refractivity contribution in [1.82, 2.24) is 4.31 Å². The highest BCUT2D eigenvalue weighted by Crippen LogP contribution is 2.27. The number of ketones is 1. The van der Waals surface area contributed by atoms with Crippen molar-refractivity contribution < 1.29 is 13.2 Å². The molecule has 1 aliphatic rings. The minimum Gasteiger partial charge on any atom is -0.299 e. The molecule has 5 heteroatoms. The number of Topliss-reactive ketones (excluding diaryl/α,β-unsaturated/α-hetero) is 1. The molecule has 0 aliphatic carbocycles. The summed E-state index contributed by atoms with van der Waals surface area (Å²) in [5.41, 5.74) is 1.12. The van der Waals surface area contributed by atoms with E-state index in [2.05, 4.69) is 20.8 Å². The van der Waals surface area contributed by atoms with Crippen LogP contribution in [-0.2, 0) is 20.2 Å². The Morgan fingerprint density at radius 1 is 1.13 bits per heavy atom. The monoisotopic (exact) mass is 337 g/mol. The molecule has 0 unspecified atom stereocenters. The number of piperidine rings is 1. The zero-order chi connectivity index (χ0) is 17.3. The first kappa shape index (κ1) is 18.1. The fourth-order valence-corrected chi connectivity index (χ4v) is 4.45. The van der Waals surface area contributed by atoms with E-state index in [-0.39, 0.29) is 17.1 Å². The van der Waals surface area contributed by atoms with Crippen LogP contribution in [0.3, 0.4) is 0 Å². The van der Waals surface area contributed by atoms with Crippen LogP contribution in [0.25, 0.3) is 0 Å². The van der Waals surface area contributed by atoms with Gasteiger partial charge >= 0.3 is 0 Å². The molecule has 1 fully saturated rings. The zero-order valence-corrected chi connectivity index (χ0v) is 15.3. The average molecular weight is 337 g/mol. The predicted molar refractivity (Wildman–Crippen MR) is 91.9 cm³/mol. The Labute approximate surface area is 139 Å². The quantitative estimate of drug-likeness (QED) is 0.846. The largest absolute Gasteiger partial charge is 0.299 e. The van der Waals surface area contributed by atoms with Crippen LogP contribution in [0.1, 0.15) is 52.5 Å². The van der Waals surface area contributed by atoms with Crippen molar-refractivity contribution in [1.29, 1.82) is 0 Å². The van der Waals surface area contributed by atoms with Gasteiger partial charge in [0, 0.05) is 25.4 Å². The highest BCUT2D eigenvalue weighted by Gasteiger charge is 2.31. The second-order valence-electron chi connectivity index (χ2n) is 7.27. The molecule has 23 heavy (non-hydrogen) atoms. The summed E-state index contributed by atoms with van der Waals surface area (Å²) in [7, 11) is -3.46. The van der Waals surface area contributed by atoms with Gasteiger partial charge in [0.05, 0.1) is 4.90 Å². The zero-order valence-electron chi connectivity index (χ0n) is 14.5. The lowest BCUT2D eigenvalue weighted by atomic mass is 9.87. The molecule has 2 rings (SSSR count). The van der Waals surface area contributed by atoms with Crippen LogP contribution in [0.5, 0.6) is 0 Å². The van der Waals surface area contributed by atoms with E-state index in [1.165, 1.54) is 4.31 Å². The number of hydrogen-bond donors (Lipinski definition) is 0. The summed E-state index contributed by atoms with van der Waals surface area (Å²) in [6.07, 6.45) is 1.80. The minimum atomic E-state index is -3.46. The molecule has 1 aliphatic heterocycles. The average Bonchev–Trinajstić information content (AvgIpc) is 2.53. The highest BCUT2D eigenvalue weighted by molar-refractivity contribution is 7.89. The molecule has 0 bridgehead atoms. The van der Waals surface area contributed by atoms with Crippen LogP contribution in [-0.4, -0.2) is 31.6 Å². The van der Waals surface area contributed by atoms with Gasteiger partial charge in [-0.05, 0) is 36.0 Å².